The Bertz CT molecular complexity index is 482. The van der Waals surface area contributed by atoms with Gasteiger partial charge in [0, 0.05) is 18.5 Å². The van der Waals surface area contributed by atoms with Crippen LogP contribution in [0.2, 0.25) is 0 Å². The third-order valence-electron chi connectivity index (χ3n) is 3.85. The van der Waals surface area contributed by atoms with Crippen LogP contribution in [0, 0.1) is 5.92 Å². The van der Waals surface area contributed by atoms with E-state index in [1.165, 1.54) is 5.56 Å². The molecule has 1 aliphatic rings. The summed E-state index contributed by atoms with van der Waals surface area (Å²) < 4.78 is 0. The van der Waals surface area contributed by atoms with E-state index in [0.717, 1.165) is 25.7 Å². The fourth-order valence-electron chi connectivity index (χ4n) is 2.62. The van der Waals surface area contributed by atoms with E-state index < -0.39 is 0 Å². The maximum Gasteiger partial charge on any atom is 0.239 e. The molecule has 1 aromatic rings. The van der Waals surface area contributed by atoms with Crippen LogP contribution < -0.4 is 16.4 Å². The van der Waals surface area contributed by atoms with E-state index in [2.05, 4.69) is 10.6 Å². The molecule has 2 amide bonds. The molecule has 1 saturated carbocycles. The van der Waals surface area contributed by atoms with Crippen LogP contribution in [0.3, 0.4) is 0 Å². The van der Waals surface area contributed by atoms with Crippen LogP contribution in [-0.4, -0.2) is 30.9 Å². The second-order valence-corrected chi connectivity index (χ2v) is 5.57. The number of nitrogens with two attached hydrogens (primary N) is 1. The van der Waals surface area contributed by atoms with Crippen molar-refractivity contribution in [2.75, 3.05) is 13.1 Å². The number of nitrogens with one attached hydrogen (secondary N) is 2. The van der Waals surface area contributed by atoms with Gasteiger partial charge in [0.2, 0.25) is 11.8 Å². The topological polar surface area (TPSA) is 84.2 Å². The van der Waals surface area contributed by atoms with E-state index >= 15 is 0 Å². The van der Waals surface area contributed by atoms with E-state index in [9.17, 15) is 9.59 Å². The first-order valence-corrected chi connectivity index (χ1v) is 7.49. The van der Waals surface area contributed by atoms with E-state index in [4.69, 9.17) is 5.73 Å². The second-order valence-electron chi connectivity index (χ2n) is 5.57. The number of benzene rings is 1. The van der Waals surface area contributed by atoms with E-state index in [0.29, 0.717) is 6.54 Å². The summed E-state index contributed by atoms with van der Waals surface area (Å²) in [6.07, 6.45) is 3.23. The molecule has 0 bridgehead atoms. The summed E-state index contributed by atoms with van der Waals surface area (Å²) in [6, 6.07) is 10.1. The van der Waals surface area contributed by atoms with E-state index in [-0.39, 0.29) is 42.7 Å². The lowest BCUT2D eigenvalue weighted by molar-refractivity contribution is -0.128. The number of carbonyl (C=O) groups is 2. The Morgan fingerprint density at radius 3 is 2.50 bits per heavy atom. The van der Waals surface area contributed by atoms with E-state index in [1.54, 1.807) is 0 Å². The summed E-state index contributed by atoms with van der Waals surface area (Å²) >= 11 is 0. The predicted molar refractivity (Wildman–Crippen MR) is 88.7 cm³/mol. The molecule has 2 atom stereocenters. The molecule has 1 fully saturated rings. The second kappa shape index (κ2) is 9.43. The molecule has 0 aromatic heterocycles. The van der Waals surface area contributed by atoms with Crippen LogP contribution >= 0.6 is 12.4 Å². The largest absolute Gasteiger partial charge is 0.354 e. The molecule has 5 nitrogen and oxygen atoms in total. The van der Waals surface area contributed by atoms with Gasteiger partial charge in [-0.1, -0.05) is 30.3 Å². The highest BCUT2D eigenvalue weighted by molar-refractivity contribution is 5.86. The number of halogens is 1. The van der Waals surface area contributed by atoms with Gasteiger partial charge in [0.1, 0.15) is 0 Å². The molecule has 0 aliphatic heterocycles. The number of amides is 2. The highest BCUT2D eigenvalue weighted by Gasteiger charge is 2.27. The van der Waals surface area contributed by atoms with Gasteiger partial charge in [0.05, 0.1) is 6.54 Å². The van der Waals surface area contributed by atoms with E-state index in [1.807, 2.05) is 30.3 Å². The van der Waals surface area contributed by atoms with Gasteiger partial charge in [-0.25, -0.2) is 0 Å². The molecule has 0 heterocycles. The van der Waals surface area contributed by atoms with Gasteiger partial charge < -0.3 is 16.4 Å². The Morgan fingerprint density at radius 2 is 1.86 bits per heavy atom. The Morgan fingerprint density at radius 1 is 1.14 bits per heavy atom. The molecule has 0 saturated heterocycles. The zero-order valence-corrected chi connectivity index (χ0v) is 13.4. The number of carbonyl (C=O) groups excluding carboxylic acids is 2. The summed E-state index contributed by atoms with van der Waals surface area (Å²) in [7, 11) is 0. The monoisotopic (exact) mass is 325 g/mol. The van der Waals surface area contributed by atoms with Gasteiger partial charge in [0.25, 0.3) is 0 Å². The predicted octanol–water partition coefficient (Wildman–Crippen LogP) is 1.01. The molecule has 0 spiro atoms. The fraction of sp³-hybridized carbons (Fsp3) is 0.500. The molecule has 6 heteroatoms. The minimum Gasteiger partial charge on any atom is -0.354 e. The Labute approximate surface area is 137 Å². The smallest absolute Gasteiger partial charge is 0.239 e. The fourth-order valence-corrected chi connectivity index (χ4v) is 2.62. The normalized spacial score (nSPS) is 20.0. The average molecular weight is 326 g/mol. The molecule has 2 unspecified atom stereocenters. The highest BCUT2D eigenvalue weighted by atomic mass is 35.5. The molecule has 122 valence electrons. The first kappa shape index (κ1) is 18.5. The first-order chi connectivity index (χ1) is 10.1. The van der Waals surface area contributed by atoms with Gasteiger partial charge in [-0.15, -0.1) is 12.4 Å². The van der Waals surface area contributed by atoms with Gasteiger partial charge in [0.15, 0.2) is 0 Å². The molecule has 2 rings (SSSR count). The van der Waals surface area contributed by atoms with Crippen LogP contribution in [0.5, 0.6) is 0 Å². The maximum atomic E-state index is 11.8. The minimum absolute atomic E-state index is 0. The van der Waals surface area contributed by atoms with Crippen LogP contribution in [0.25, 0.3) is 0 Å². The van der Waals surface area contributed by atoms with Gasteiger partial charge in [-0.3, -0.25) is 9.59 Å². The van der Waals surface area contributed by atoms with Crippen molar-refractivity contribution in [3.8, 4) is 0 Å². The first-order valence-electron chi connectivity index (χ1n) is 7.49. The van der Waals surface area contributed by atoms with Crippen molar-refractivity contribution < 1.29 is 9.59 Å². The molecular formula is C16H24ClN3O2. The van der Waals surface area contributed by atoms with Crippen LogP contribution in [-0.2, 0) is 16.0 Å². The minimum atomic E-state index is -0.151. The van der Waals surface area contributed by atoms with Crippen molar-refractivity contribution in [3.63, 3.8) is 0 Å². The van der Waals surface area contributed by atoms with Crippen molar-refractivity contribution in [1.29, 1.82) is 0 Å². The van der Waals surface area contributed by atoms with Crippen molar-refractivity contribution in [2.45, 2.75) is 31.7 Å². The molecule has 4 N–H and O–H groups in total. The third kappa shape index (κ3) is 6.03. The zero-order chi connectivity index (χ0) is 15.1. The Kier molecular flexibility index (Phi) is 7.91. The van der Waals surface area contributed by atoms with Crippen molar-refractivity contribution in [2.24, 2.45) is 11.7 Å². The summed E-state index contributed by atoms with van der Waals surface area (Å²) in [5, 5.41) is 5.49. The van der Waals surface area contributed by atoms with Crippen molar-refractivity contribution >= 4 is 24.2 Å². The van der Waals surface area contributed by atoms with Crippen LogP contribution in [0.15, 0.2) is 30.3 Å². The van der Waals surface area contributed by atoms with Gasteiger partial charge in [-0.05, 0) is 31.2 Å². The SMILES string of the molecule is Cl.NC1CCC(C(=O)NCC(=O)NCCc2ccccc2)C1. The number of hydrogen-bond donors (Lipinski definition) is 3. The summed E-state index contributed by atoms with van der Waals surface area (Å²) in [5.41, 5.74) is 6.96. The van der Waals surface area contributed by atoms with Crippen molar-refractivity contribution in [1.82, 2.24) is 10.6 Å². The van der Waals surface area contributed by atoms with Crippen LogP contribution in [0.4, 0.5) is 0 Å². The molecule has 0 radical (unpaired) electrons. The summed E-state index contributed by atoms with van der Waals surface area (Å²) in [4.78, 5) is 23.5. The molecule has 22 heavy (non-hydrogen) atoms. The lowest BCUT2D eigenvalue weighted by Gasteiger charge is -2.11. The summed E-state index contributed by atoms with van der Waals surface area (Å²) in [5.74, 6) is -0.236. The zero-order valence-electron chi connectivity index (χ0n) is 12.6. The Balaban J connectivity index is 0.00000242. The van der Waals surface area contributed by atoms with Crippen LogP contribution in [0.1, 0.15) is 24.8 Å². The third-order valence-corrected chi connectivity index (χ3v) is 3.85. The molecule has 1 aliphatic carbocycles. The Hall–Kier alpha value is -1.59. The van der Waals surface area contributed by atoms with Gasteiger partial charge in [-0.2, -0.15) is 0 Å². The lowest BCUT2D eigenvalue weighted by Crippen LogP contribution is -2.40. The standard InChI is InChI=1S/C16H23N3O2.ClH/c17-14-7-6-13(10-14)16(21)19-11-15(20)18-9-8-12-4-2-1-3-5-12;/h1-5,13-14H,6-11,17H2,(H,18,20)(H,19,21);1H. The number of hydrogen-bond acceptors (Lipinski definition) is 3. The number of rotatable bonds is 6. The lowest BCUT2D eigenvalue weighted by atomic mass is 10.1. The average Bonchev–Trinajstić information content (AvgIpc) is 2.92. The van der Waals surface area contributed by atoms with Crippen molar-refractivity contribution in [3.05, 3.63) is 35.9 Å². The molecular weight excluding hydrogens is 302 g/mol. The van der Waals surface area contributed by atoms with Gasteiger partial charge >= 0.3 is 0 Å². The summed E-state index contributed by atoms with van der Waals surface area (Å²) in [6.45, 7) is 0.617. The molecule has 1 aromatic carbocycles. The quantitative estimate of drug-likeness (QED) is 0.730. The highest BCUT2D eigenvalue weighted by Crippen LogP contribution is 2.23. The maximum absolute atomic E-state index is 11.8.